The maximum Gasteiger partial charge on any atom is 0.240 e. The van der Waals surface area contributed by atoms with Gasteiger partial charge in [-0.2, -0.15) is 0 Å². The summed E-state index contributed by atoms with van der Waals surface area (Å²) in [7, 11) is 0. The van der Waals surface area contributed by atoms with Gasteiger partial charge in [-0.05, 0) is 25.0 Å². The number of hydrogen-bond acceptors (Lipinski definition) is 3. The molecule has 0 radical (unpaired) electrons. The van der Waals surface area contributed by atoms with Crippen LogP contribution in [0.15, 0.2) is 30.3 Å². The zero-order chi connectivity index (χ0) is 17.2. The molecule has 1 aliphatic carbocycles. The van der Waals surface area contributed by atoms with Gasteiger partial charge in [-0.25, -0.2) is 0 Å². The number of para-hydroxylation sites is 1. The van der Waals surface area contributed by atoms with Gasteiger partial charge in [-0.15, -0.1) is 0 Å². The molecule has 2 amide bonds. The number of rotatable bonds is 4. The van der Waals surface area contributed by atoms with Crippen molar-refractivity contribution in [2.45, 2.75) is 57.6 Å². The van der Waals surface area contributed by atoms with Gasteiger partial charge in [-0.3, -0.25) is 9.59 Å². The molecule has 3 rings (SSSR count). The lowest BCUT2D eigenvalue weighted by Crippen LogP contribution is -2.50. The summed E-state index contributed by atoms with van der Waals surface area (Å²) in [5, 5.41) is 0. The molecule has 24 heavy (non-hydrogen) atoms. The first-order valence-corrected chi connectivity index (χ1v) is 8.82. The molecule has 1 saturated heterocycles. The predicted octanol–water partition coefficient (Wildman–Crippen LogP) is 2.49. The smallest absolute Gasteiger partial charge is 0.240 e. The molecule has 130 valence electrons. The molecule has 1 aromatic rings. The number of carbonyl (C=O) groups excluding carboxylic acids is 2. The van der Waals surface area contributed by atoms with Gasteiger partial charge >= 0.3 is 0 Å². The highest BCUT2D eigenvalue weighted by atomic mass is 16.5. The van der Waals surface area contributed by atoms with E-state index in [0.29, 0.717) is 13.0 Å². The van der Waals surface area contributed by atoms with E-state index in [2.05, 4.69) is 0 Å². The van der Waals surface area contributed by atoms with Crippen molar-refractivity contribution < 1.29 is 14.3 Å². The highest BCUT2D eigenvalue weighted by Gasteiger charge is 2.46. The van der Waals surface area contributed by atoms with Crippen molar-refractivity contribution in [2.24, 2.45) is 11.1 Å². The minimum absolute atomic E-state index is 0.0603. The Balaban J connectivity index is 1.73. The number of hydrogen-bond donors (Lipinski definition) is 1. The first-order chi connectivity index (χ1) is 11.5. The zero-order valence-electron chi connectivity index (χ0n) is 14.2. The third-order valence-electron chi connectivity index (χ3n) is 5.37. The van der Waals surface area contributed by atoms with E-state index in [1.165, 1.54) is 6.42 Å². The fourth-order valence-corrected chi connectivity index (χ4v) is 3.96. The van der Waals surface area contributed by atoms with Crippen LogP contribution in [0.1, 0.15) is 45.4 Å². The van der Waals surface area contributed by atoms with Crippen LogP contribution in [0.2, 0.25) is 0 Å². The number of nitrogens with zero attached hydrogens (tertiary/aromatic N) is 1. The fraction of sp³-hybridized carbons (Fsp3) is 0.579. The highest BCUT2D eigenvalue weighted by molar-refractivity contribution is 5.90. The Morgan fingerprint density at radius 2 is 1.83 bits per heavy atom. The number of likely N-dealkylation sites (tertiary alicyclic amines) is 1. The van der Waals surface area contributed by atoms with Crippen molar-refractivity contribution in [1.29, 1.82) is 0 Å². The summed E-state index contributed by atoms with van der Waals surface area (Å²) >= 11 is 0. The van der Waals surface area contributed by atoms with Gasteiger partial charge in [0.05, 0.1) is 6.54 Å². The van der Waals surface area contributed by atoms with Crippen molar-refractivity contribution in [3.8, 4) is 5.75 Å². The third-order valence-corrected chi connectivity index (χ3v) is 5.37. The van der Waals surface area contributed by atoms with Gasteiger partial charge in [0.15, 0.2) is 0 Å². The fourth-order valence-electron chi connectivity index (χ4n) is 3.96. The molecule has 0 spiro atoms. The quantitative estimate of drug-likeness (QED) is 0.922. The number of primary amides is 1. The van der Waals surface area contributed by atoms with E-state index in [1.54, 1.807) is 4.90 Å². The Morgan fingerprint density at radius 1 is 1.17 bits per heavy atom. The Morgan fingerprint density at radius 3 is 2.46 bits per heavy atom. The minimum atomic E-state index is -0.565. The summed E-state index contributed by atoms with van der Waals surface area (Å²) in [5.41, 5.74) is 5.20. The second-order valence-corrected chi connectivity index (χ2v) is 7.29. The summed E-state index contributed by atoms with van der Waals surface area (Å²) in [4.78, 5) is 26.6. The zero-order valence-corrected chi connectivity index (χ0v) is 14.2. The number of carbonyl (C=O) groups is 2. The first-order valence-electron chi connectivity index (χ1n) is 8.82. The molecule has 0 aromatic heterocycles. The van der Waals surface area contributed by atoms with E-state index in [1.807, 2.05) is 37.3 Å². The Labute approximate surface area is 143 Å². The van der Waals surface area contributed by atoms with Crippen LogP contribution in [0.5, 0.6) is 5.75 Å². The Kier molecular flexibility index (Phi) is 4.78. The van der Waals surface area contributed by atoms with Crippen molar-refractivity contribution >= 4 is 11.8 Å². The van der Waals surface area contributed by atoms with Crippen molar-refractivity contribution in [2.75, 3.05) is 6.54 Å². The summed E-state index contributed by atoms with van der Waals surface area (Å²) < 4.78 is 5.95. The van der Waals surface area contributed by atoms with Crippen molar-refractivity contribution in [3.05, 3.63) is 30.3 Å². The predicted molar refractivity (Wildman–Crippen MR) is 91.4 cm³/mol. The molecule has 2 fully saturated rings. The topological polar surface area (TPSA) is 72.6 Å². The minimum Gasteiger partial charge on any atom is -0.488 e. The summed E-state index contributed by atoms with van der Waals surface area (Å²) in [6.45, 7) is 2.45. The van der Waals surface area contributed by atoms with E-state index in [4.69, 9.17) is 10.5 Å². The lowest BCUT2D eigenvalue weighted by atomic mass is 9.74. The van der Waals surface area contributed by atoms with Gasteiger partial charge < -0.3 is 15.4 Å². The van der Waals surface area contributed by atoms with Crippen molar-refractivity contribution in [1.82, 2.24) is 4.90 Å². The monoisotopic (exact) mass is 330 g/mol. The first kappa shape index (κ1) is 16.8. The van der Waals surface area contributed by atoms with E-state index >= 15 is 0 Å². The maximum absolute atomic E-state index is 13.1. The molecule has 0 unspecified atom stereocenters. The molecule has 5 nitrogen and oxygen atoms in total. The van der Waals surface area contributed by atoms with Crippen LogP contribution in [-0.2, 0) is 9.59 Å². The Bertz CT molecular complexity index is 596. The molecular weight excluding hydrogens is 304 g/mol. The SMILES string of the molecule is CC1(C(=O)N2C[C@@H](Oc3ccccc3)C[C@H]2C(N)=O)CCCCC1. The normalized spacial score (nSPS) is 26.1. The number of nitrogens with two attached hydrogens (primary N) is 1. The van der Waals surface area contributed by atoms with Crippen molar-refractivity contribution in [3.63, 3.8) is 0 Å². The second kappa shape index (κ2) is 6.83. The van der Waals surface area contributed by atoms with Gasteiger partial charge in [0.2, 0.25) is 11.8 Å². The summed E-state index contributed by atoms with van der Waals surface area (Å²) in [6.07, 6.45) is 5.37. The van der Waals surface area contributed by atoms with Crippen LogP contribution < -0.4 is 10.5 Å². The summed E-state index contributed by atoms with van der Waals surface area (Å²) in [5.74, 6) is 0.371. The molecule has 1 saturated carbocycles. The molecule has 2 aliphatic rings. The van der Waals surface area contributed by atoms with Crippen LogP contribution in [0.4, 0.5) is 0 Å². The van der Waals surface area contributed by atoms with E-state index in [-0.39, 0.29) is 17.4 Å². The third kappa shape index (κ3) is 3.40. The van der Waals surface area contributed by atoms with E-state index < -0.39 is 11.9 Å². The molecule has 1 aromatic carbocycles. The average Bonchev–Trinajstić information content (AvgIpc) is 3.00. The van der Waals surface area contributed by atoms with Crippen LogP contribution in [-0.4, -0.2) is 35.4 Å². The standard InChI is InChI=1S/C19H26N2O3/c1-19(10-6-3-7-11-19)18(23)21-13-15(12-16(21)17(20)22)24-14-8-4-2-5-9-14/h2,4-5,8-9,15-16H,3,6-7,10-13H2,1H3,(H2,20,22)/t15-,16-/m0/s1. The van der Waals surface area contributed by atoms with E-state index in [9.17, 15) is 9.59 Å². The second-order valence-electron chi connectivity index (χ2n) is 7.29. The highest BCUT2D eigenvalue weighted by Crippen LogP contribution is 2.39. The largest absolute Gasteiger partial charge is 0.488 e. The number of ether oxygens (including phenoxy) is 1. The van der Waals surface area contributed by atoms with Crippen LogP contribution in [0.3, 0.4) is 0 Å². The maximum atomic E-state index is 13.1. The van der Waals surface area contributed by atoms with Gasteiger partial charge in [0.25, 0.3) is 0 Å². The molecule has 2 atom stereocenters. The van der Waals surface area contributed by atoms with Crippen LogP contribution in [0.25, 0.3) is 0 Å². The molecule has 1 aliphatic heterocycles. The average molecular weight is 330 g/mol. The van der Waals surface area contributed by atoms with E-state index in [0.717, 1.165) is 31.4 Å². The lowest BCUT2D eigenvalue weighted by molar-refractivity contribution is -0.147. The molecule has 2 N–H and O–H groups in total. The molecule has 1 heterocycles. The molecule has 5 heteroatoms. The van der Waals surface area contributed by atoms with Gasteiger partial charge in [0, 0.05) is 11.8 Å². The number of benzene rings is 1. The van der Waals surface area contributed by atoms with Gasteiger partial charge in [-0.1, -0.05) is 44.4 Å². The number of amides is 2. The summed E-state index contributed by atoms with van der Waals surface area (Å²) in [6, 6.07) is 8.93. The molecular formula is C19H26N2O3. The molecule has 0 bridgehead atoms. The van der Waals surface area contributed by atoms with Crippen LogP contribution in [0, 0.1) is 5.41 Å². The van der Waals surface area contributed by atoms with Crippen LogP contribution >= 0.6 is 0 Å². The Hall–Kier alpha value is -2.04. The van der Waals surface area contributed by atoms with Gasteiger partial charge in [0.1, 0.15) is 17.9 Å². The lowest BCUT2D eigenvalue weighted by Gasteiger charge is -2.37.